The summed E-state index contributed by atoms with van der Waals surface area (Å²) in [5.41, 5.74) is -1.10. The summed E-state index contributed by atoms with van der Waals surface area (Å²) in [5.74, 6) is -1.45. The third-order valence-corrected chi connectivity index (χ3v) is 5.89. The molecule has 8 nitrogen and oxygen atoms in total. The van der Waals surface area contributed by atoms with Gasteiger partial charge < -0.3 is 9.64 Å². The van der Waals surface area contributed by atoms with Gasteiger partial charge in [0.05, 0.1) is 22.3 Å². The highest BCUT2D eigenvalue weighted by Crippen LogP contribution is 2.60. The molecular weight excluding hydrogens is 360 g/mol. The molecule has 3 unspecified atom stereocenters. The quantitative estimate of drug-likeness (QED) is 0.454. The van der Waals surface area contributed by atoms with Gasteiger partial charge in [-0.05, 0) is 18.9 Å². The number of fused-ring (bicyclic) bond motifs is 4. The van der Waals surface area contributed by atoms with E-state index in [1.165, 1.54) is 23.1 Å². The van der Waals surface area contributed by atoms with Gasteiger partial charge in [0.1, 0.15) is 11.6 Å². The predicted molar refractivity (Wildman–Crippen MR) is 97.5 cm³/mol. The van der Waals surface area contributed by atoms with Crippen LogP contribution in [0.3, 0.4) is 0 Å². The van der Waals surface area contributed by atoms with Gasteiger partial charge in [-0.2, -0.15) is 10.5 Å². The van der Waals surface area contributed by atoms with Gasteiger partial charge in [-0.15, -0.1) is 6.58 Å². The summed E-state index contributed by atoms with van der Waals surface area (Å²) in [6.45, 7) is 3.83. The fourth-order valence-corrected chi connectivity index (χ4v) is 4.92. The van der Waals surface area contributed by atoms with Gasteiger partial charge in [-0.3, -0.25) is 14.9 Å². The molecule has 28 heavy (non-hydrogen) atoms. The maximum absolute atomic E-state index is 13.6. The molecule has 1 spiro atoms. The fourth-order valence-electron chi connectivity index (χ4n) is 4.92. The summed E-state index contributed by atoms with van der Waals surface area (Å²) in [6, 6.07) is 8.45. The molecule has 0 radical (unpaired) electrons. The second-order valence-electron chi connectivity index (χ2n) is 7.08. The minimum absolute atomic E-state index is 0.159. The number of rotatable bonds is 3. The summed E-state index contributed by atoms with van der Waals surface area (Å²) >= 11 is 0. The number of nitriles is 2. The molecule has 8 heteroatoms. The van der Waals surface area contributed by atoms with Crippen LogP contribution in [0.5, 0.6) is 0 Å². The minimum atomic E-state index is -1.67. The zero-order chi connectivity index (χ0) is 20.1. The lowest BCUT2D eigenvalue weighted by Gasteiger charge is -2.41. The van der Waals surface area contributed by atoms with Crippen LogP contribution in [-0.2, 0) is 15.1 Å². The molecular formula is C20H16N4O4. The lowest BCUT2D eigenvalue weighted by molar-refractivity contribution is -0.386. The van der Waals surface area contributed by atoms with Gasteiger partial charge in [0.25, 0.3) is 11.6 Å². The topological polar surface area (TPSA) is 120 Å². The largest absolute Gasteiger partial charge is 0.461 e. The lowest BCUT2D eigenvalue weighted by atomic mass is 9.71. The van der Waals surface area contributed by atoms with E-state index >= 15 is 0 Å². The van der Waals surface area contributed by atoms with Crippen LogP contribution in [0.15, 0.2) is 42.2 Å². The Balaban J connectivity index is 2.05. The Hall–Kier alpha value is -3.65. The first kappa shape index (κ1) is 17.7. The van der Waals surface area contributed by atoms with Gasteiger partial charge >= 0.3 is 0 Å². The third kappa shape index (κ3) is 2.06. The average molecular weight is 376 g/mol. The third-order valence-electron chi connectivity index (χ3n) is 5.89. The molecule has 1 saturated carbocycles. The zero-order valence-electron chi connectivity index (χ0n) is 14.9. The molecule has 3 atom stereocenters. The molecule has 2 aliphatic heterocycles. The Morgan fingerprint density at radius 2 is 2.18 bits per heavy atom. The van der Waals surface area contributed by atoms with E-state index in [1.807, 2.05) is 6.07 Å². The average Bonchev–Trinajstić information content (AvgIpc) is 3.27. The van der Waals surface area contributed by atoms with E-state index in [9.17, 15) is 25.4 Å². The Morgan fingerprint density at radius 1 is 1.39 bits per heavy atom. The second kappa shape index (κ2) is 6.21. The van der Waals surface area contributed by atoms with Crippen molar-refractivity contribution in [3.8, 4) is 12.1 Å². The van der Waals surface area contributed by atoms with Crippen LogP contribution in [0.4, 0.5) is 11.4 Å². The van der Waals surface area contributed by atoms with Crippen molar-refractivity contribution in [3.63, 3.8) is 0 Å². The van der Waals surface area contributed by atoms with Crippen molar-refractivity contribution >= 4 is 17.3 Å². The summed E-state index contributed by atoms with van der Waals surface area (Å²) in [6.07, 6.45) is 3.49. The minimum Gasteiger partial charge on any atom is -0.461 e. The molecule has 0 saturated heterocycles. The number of nitro benzene ring substituents is 1. The van der Waals surface area contributed by atoms with E-state index in [2.05, 4.69) is 12.6 Å². The highest BCUT2D eigenvalue weighted by Gasteiger charge is 2.66. The van der Waals surface area contributed by atoms with Crippen LogP contribution in [-0.4, -0.2) is 17.4 Å². The number of nitro groups is 1. The monoisotopic (exact) mass is 376 g/mol. The van der Waals surface area contributed by atoms with Gasteiger partial charge in [-0.25, -0.2) is 0 Å². The molecule has 1 fully saturated rings. The summed E-state index contributed by atoms with van der Waals surface area (Å²) in [4.78, 5) is 26.3. The lowest BCUT2D eigenvalue weighted by Crippen LogP contribution is -2.51. The molecule has 0 aromatic heterocycles. The summed E-state index contributed by atoms with van der Waals surface area (Å²) in [5, 5.41) is 30.9. The van der Waals surface area contributed by atoms with Crippen LogP contribution in [0.2, 0.25) is 0 Å². The van der Waals surface area contributed by atoms with Crippen molar-refractivity contribution in [2.24, 2.45) is 11.8 Å². The first-order valence-electron chi connectivity index (χ1n) is 8.95. The maximum atomic E-state index is 13.6. The number of hydrogen-bond donors (Lipinski definition) is 0. The van der Waals surface area contributed by atoms with Gasteiger partial charge in [0.15, 0.2) is 0 Å². The Morgan fingerprint density at radius 3 is 2.82 bits per heavy atom. The van der Waals surface area contributed by atoms with Crippen molar-refractivity contribution < 1.29 is 14.5 Å². The first-order valence-corrected chi connectivity index (χ1v) is 8.95. The van der Waals surface area contributed by atoms with Crippen molar-refractivity contribution in [2.45, 2.75) is 24.9 Å². The van der Waals surface area contributed by atoms with E-state index < -0.39 is 22.3 Å². The van der Waals surface area contributed by atoms with E-state index in [0.717, 1.165) is 6.42 Å². The van der Waals surface area contributed by atoms with E-state index in [-0.39, 0.29) is 35.0 Å². The van der Waals surface area contributed by atoms with Gasteiger partial charge in [-0.1, -0.05) is 18.6 Å². The number of allylic oxidation sites excluding steroid dienone is 2. The fraction of sp³-hybridized carbons (Fsp3) is 0.350. The molecule has 1 aliphatic carbocycles. The van der Waals surface area contributed by atoms with E-state index in [0.29, 0.717) is 18.5 Å². The molecule has 1 aromatic rings. The van der Waals surface area contributed by atoms with Gasteiger partial charge in [0.2, 0.25) is 11.4 Å². The van der Waals surface area contributed by atoms with Crippen molar-refractivity contribution in [2.75, 3.05) is 11.4 Å². The van der Waals surface area contributed by atoms with Crippen LogP contribution in [0, 0.1) is 44.6 Å². The molecule has 140 valence electrons. The SMILES string of the molecule is C=CCN1C(=O)C2(OC(C#N)=C(C#N)C3CCCC32)c2c1cccc2[N+](=O)[O-]. The smallest absolute Gasteiger partial charge is 0.279 e. The first-order chi connectivity index (χ1) is 13.5. The summed E-state index contributed by atoms with van der Waals surface area (Å²) < 4.78 is 5.97. The normalized spacial score (nSPS) is 27.6. The molecule has 1 aromatic carbocycles. The number of carbonyl (C=O) groups is 1. The Labute approximate surface area is 161 Å². The zero-order valence-corrected chi connectivity index (χ0v) is 14.9. The van der Waals surface area contributed by atoms with Crippen molar-refractivity contribution in [1.82, 2.24) is 0 Å². The molecule has 0 N–H and O–H groups in total. The van der Waals surface area contributed by atoms with Crippen LogP contribution >= 0.6 is 0 Å². The Bertz CT molecular complexity index is 1030. The maximum Gasteiger partial charge on any atom is 0.279 e. The van der Waals surface area contributed by atoms with Crippen molar-refractivity contribution in [3.05, 3.63) is 57.9 Å². The molecule has 2 heterocycles. The second-order valence-corrected chi connectivity index (χ2v) is 7.08. The summed E-state index contributed by atoms with van der Waals surface area (Å²) in [7, 11) is 0. The van der Waals surface area contributed by atoms with E-state index in [4.69, 9.17) is 4.74 Å². The number of nitrogens with zero attached hydrogens (tertiary/aromatic N) is 4. The number of benzene rings is 1. The number of ether oxygens (including phenoxy) is 1. The van der Waals surface area contributed by atoms with Gasteiger partial charge in [0, 0.05) is 24.4 Å². The van der Waals surface area contributed by atoms with Crippen LogP contribution in [0.25, 0.3) is 0 Å². The standard InChI is InChI=1S/C20H16N4O4/c1-2-9-23-15-7-4-8-16(24(26)27)18(15)20(19(23)25)14-6-3-5-12(14)13(10-21)17(11-22)28-20/h2,4,7-8,12,14H,1,3,5-6,9H2. The molecule has 1 amide bonds. The van der Waals surface area contributed by atoms with Crippen LogP contribution < -0.4 is 4.90 Å². The highest BCUT2D eigenvalue weighted by molar-refractivity contribution is 6.09. The highest BCUT2D eigenvalue weighted by atomic mass is 16.6. The predicted octanol–water partition coefficient (Wildman–Crippen LogP) is 3.07. The number of hydrogen-bond acceptors (Lipinski definition) is 6. The van der Waals surface area contributed by atoms with E-state index in [1.54, 1.807) is 6.07 Å². The Kier molecular flexibility index (Phi) is 3.93. The van der Waals surface area contributed by atoms with Crippen LogP contribution in [0.1, 0.15) is 24.8 Å². The number of carbonyl (C=O) groups excluding carboxylic acids is 1. The molecule has 3 aliphatic rings. The molecule has 0 bridgehead atoms. The number of amides is 1. The van der Waals surface area contributed by atoms with Crippen molar-refractivity contribution in [1.29, 1.82) is 10.5 Å². The number of anilines is 1. The molecule has 4 rings (SSSR count).